The summed E-state index contributed by atoms with van der Waals surface area (Å²) in [6.45, 7) is 16.3. The van der Waals surface area contributed by atoms with Crippen LogP contribution in [0.5, 0.6) is 5.75 Å². The summed E-state index contributed by atoms with van der Waals surface area (Å²) in [4.78, 5) is 14.1. The lowest BCUT2D eigenvalue weighted by Crippen LogP contribution is -2.39. The molecule has 0 aliphatic rings. The Labute approximate surface area is 166 Å². The van der Waals surface area contributed by atoms with Crippen molar-refractivity contribution in [2.45, 2.75) is 78.9 Å². The van der Waals surface area contributed by atoms with Crippen LogP contribution >= 0.6 is 11.3 Å². The number of hydrogen-bond acceptors (Lipinski definition) is 4. The van der Waals surface area contributed by atoms with Gasteiger partial charge in [-0.15, -0.1) is 0 Å². The number of ketones is 1. The van der Waals surface area contributed by atoms with Crippen molar-refractivity contribution in [3.63, 3.8) is 0 Å². The van der Waals surface area contributed by atoms with Crippen molar-refractivity contribution >= 4 is 17.1 Å². The third-order valence-electron chi connectivity index (χ3n) is 4.77. The highest BCUT2D eigenvalue weighted by Gasteiger charge is 2.33. The maximum atomic E-state index is 13.2. The lowest BCUT2D eigenvalue weighted by molar-refractivity contribution is -0.684. The predicted molar refractivity (Wildman–Crippen MR) is 110 cm³/mol. The number of rotatable bonds is 4. The van der Waals surface area contributed by atoms with Crippen LogP contribution in [0.1, 0.15) is 86.6 Å². The second-order valence-electron chi connectivity index (χ2n) is 9.28. The summed E-state index contributed by atoms with van der Waals surface area (Å²) in [5, 5.41) is 20.4. The van der Waals surface area contributed by atoms with E-state index in [-0.39, 0.29) is 28.9 Å². The Hall–Kier alpha value is -1.72. The first-order chi connectivity index (χ1) is 12.2. The molecule has 27 heavy (non-hydrogen) atoms. The van der Waals surface area contributed by atoms with Gasteiger partial charge >= 0.3 is 0 Å². The molecular formula is C22H32NO3S+. The number of hydrogen-bond donors (Lipinski definition) is 2. The van der Waals surface area contributed by atoms with Gasteiger partial charge in [0.05, 0.1) is 6.10 Å². The highest BCUT2D eigenvalue weighted by atomic mass is 32.1. The number of benzene rings is 1. The largest absolute Gasteiger partial charge is 0.508 e. The molecule has 0 spiro atoms. The predicted octanol–water partition coefficient (Wildman–Crippen LogP) is 4.58. The molecule has 1 aromatic carbocycles. The third-order valence-corrected chi connectivity index (χ3v) is 6.02. The van der Waals surface area contributed by atoms with Crippen molar-refractivity contribution in [3.8, 4) is 5.75 Å². The van der Waals surface area contributed by atoms with E-state index < -0.39 is 6.10 Å². The van der Waals surface area contributed by atoms with E-state index in [1.54, 1.807) is 19.1 Å². The topological polar surface area (TPSA) is 61.4 Å². The number of aromatic nitrogens is 1. The van der Waals surface area contributed by atoms with Crippen molar-refractivity contribution in [2.24, 2.45) is 0 Å². The van der Waals surface area contributed by atoms with Crippen LogP contribution < -0.4 is 4.57 Å². The Morgan fingerprint density at radius 3 is 2.11 bits per heavy atom. The lowest BCUT2D eigenvalue weighted by atomic mass is 9.72. The molecule has 0 amide bonds. The van der Waals surface area contributed by atoms with E-state index >= 15 is 0 Å². The number of aliphatic hydroxyl groups is 1. The Morgan fingerprint density at radius 2 is 1.67 bits per heavy atom. The Bertz CT molecular complexity index is 852. The number of thiazole rings is 1. The maximum absolute atomic E-state index is 13.2. The minimum atomic E-state index is -0.544. The zero-order valence-electron chi connectivity index (χ0n) is 17.7. The van der Waals surface area contributed by atoms with Gasteiger partial charge in [0.25, 0.3) is 0 Å². The number of carbonyl (C=O) groups is 1. The van der Waals surface area contributed by atoms with Gasteiger partial charge in [0.15, 0.2) is 5.69 Å². The van der Waals surface area contributed by atoms with Crippen LogP contribution in [0.3, 0.4) is 0 Å². The Morgan fingerprint density at radius 1 is 1.11 bits per heavy atom. The summed E-state index contributed by atoms with van der Waals surface area (Å²) in [6.07, 6.45) is -0.544. The van der Waals surface area contributed by atoms with Crippen LogP contribution in [-0.2, 0) is 17.4 Å². The van der Waals surface area contributed by atoms with Gasteiger partial charge in [-0.1, -0.05) is 52.9 Å². The first-order valence-corrected chi connectivity index (χ1v) is 10.2. The van der Waals surface area contributed by atoms with E-state index in [4.69, 9.17) is 0 Å². The van der Waals surface area contributed by atoms with E-state index in [0.717, 1.165) is 21.7 Å². The highest BCUT2D eigenvalue weighted by Crippen LogP contribution is 2.41. The molecule has 2 N–H and O–H groups in total. The molecule has 0 fully saturated rings. The molecule has 0 saturated heterocycles. The standard InChI is InChI=1S/C22H31NO3S/c1-13-20(14(2)24)27-12-23(13)11-17(26)15-9-10-16(25)19(22(6,7)8)18(15)21(3,4)5/h9-10,12,14,24H,11H2,1-8H3/p+1. The zero-order chi connectivity index (χ0) is 20.7. The number of nitrogens with zero attached hydrogens (tertiary/aromatic N) is 1. The summed E-state index contributed by atoms with van der Waals surface area (Å²) in [5.74, 6) is 0.244. The number of carbonyl (C=O) groups excluding carboxylic acids is 1. The molecule has 0 saturated carbocycles. The monoisotopic (exact) mass is 390 g/mol. The van der Waals surface area contributed by atoms with Crippen LogP contribution in [-0.4, -0.2) is 16.0 Å². The molecule has 2 aromatic rings. The van der Waals surface area contributed by atoms with E-state index in [9.17, 15) is 15.0 Å². The molecule has 5 heteroatoms. The fourth-order valence-corrected chi connectivity index (χ4v) is 4.54. The molecule has 148 valence electrons. The second-order valence-corrected chi connectivity index (χ2v) is 10.2. The molecule has 0 aliphatic carbocycles. The summed E-state index contributed by atoms with van der Waals surface area (Å²) < 4.78 is 1.89. The first kappa shape index (κ1) is 21.6. The van der Waals surface area contributed by atoms with Gasteiger partial charge in [0.2, 0.25) is 17.8 Å². The van der Waals surface area contributed by atoms with Gasteiger partial charge in [-0.25, -0.2) is 0 Å². The van der Waals surface area contributed by atoms with Crippen LogP contribution in [0.25, 0.3) is 0 Å². The molecule has 0 bridgehead atoms. The average Bonchev–Trinajstić information content (AvgIpc) is 2.85. The molecule has 0 aliphatic heterocycles. The SMILES string of the molecule is Cc1c(C(C)O)sc[n+]1CC(=O)c1ccc(O)c(C(C)(C)C)c1C(C)(C)C. The Balaban J connectivity index is 2.57. The van der Waals surface area contributed by atoms with Gasteiger partial charge in [-0.3, -0.25) is 4.79 Å². The van der Waals surface area contributed by atoms with Gasteiger partial charge in [0, 0.05) is 18.1 Å². The normalized spacial score (nSPS) is 13.7. The van der Waals surface area contributed by atoms with Crippen LogP contribution in [0, 0.1) is 6.92 Å². The van der Waals surface area contributed by atoms with Gasteiger partial charge in [0.1, 0.15) is 10.6 Å². The maximum Gasteiger partial charge on any atom is 0.227 e. The zero-order valence-corrected chi connectivity index (χ0v) is 18.5. The average molecular weight is 391 g/mol. The first-order valence-electron chi connectivity index (χ1n) is 9.30. The molecule has 4 nitrogen and oxygen atoms in total. The molecule has 2 rings (SSSR count). The number of phenolic OH excluding ortho intramolecular Hbond substituents is 1. The fraction of sp³-hybridized carbons (Fsp3) is 0.545. The summed E-state index contributed by atoms with van der Waals surface area (Å²) in [6, 6.07) is 3.38. The lowest BCUT2D eigenvalue weighted by Gasteiger charge is -2.32. The van der Waals surface area contributed by atoms with E-state index in [1.807, 2.05) is 17.0 Å². The van der Waals surface area contributed by atoms with Gasteiger partial charge in [-0.05, 0) is 35.4 Å². The third kappa shape index (κ3) is 4.41. The van der Waals surface area contributed by atoms with E-state index in [0.29, 0.717) is 5.56 Å². The molecule has 1 unspecified atom stereocenters. The Kier molecular flexibility index (Phi) is 5.88. The van der Waals surface area contributed by atoms with Crippen molar-refractivity contribution in [1.82, 2.24) is 0 Å². The second kappa shape index (κ2) is 7.36. The highest BCUT2D eigenvalue weighted by molar-refractivity contribution is 7.09. The molecular weight excluding hydrogens is 358 g/mol. The number of aliphatic hydroxyl groups excluding tert-OH is 1. The van der Waals surface area contributed by atoms with Crippen LogP contribution in [0.2, 0.25) is 0 Å². The fourth-order valence-electron chi connectivity index (χ4n) is 3.59. The minimum absolute atomic E-state index is 0.00784. The van der Waals surface area contributed by atoms with Crippen molar-refractivity contribution in [3.05, 3.63) is 44.9 Å². The van der Waals surface area contributed by atoms with Gasteiger partial charge in [-0.2, -0.15) is 4.57 Å². The van der Waals surface area contributed by atoms with Gasteiger partial charge < -0.3 is 10.2 Å². The van der Waals surface area contributed by atoms with Crippen molar-refractivity contribution in [1.29, 1.82) is 0 Å². The summed E-state index contributed by atoms with van der Waals surface area (Å²) in [5.41, 5.74) is 4.62. The minimum Gasteiger partial charge on any atom is -0.508 e. The van der Waals surface area contributed by atoms with Crippen LogP contribution in [0.4, 0.5) is 0 Å². The number of aromatic hydroxyl groups is 1. The molecule has 1 heterocycles. The van der Waals surface area contributed by atoms with E-state index in [2.05, 4.69) is 41.5 Å². The van der Waals surface area contributed by atoms with E-state index in [1.165, 1.54) is 11.3 Å². The summed E-state index contributed by atoms with van der Waals surface area (Å²) >= 11 is 1.46. The van der Waals surface area contributed by atoms with Crippen molar-refractivity contribution < 1.29 is 19.6 Å². The smallest absolute Gasteiger partial charge is 0.227 e. The van der Waals surface area contributed by atoms with Crippen LogP contribution in [0.15, 0.2) is 17.6 Å². The quantitative estimate of drug-likeness (QED) is 0.593. The molecule has 0 radical (unpaired) electrons. The van der Waals surface area contributed by atoms with Crippen molar-refractivity contribution in [2.75, 3.05) is 0 Å². The molecule has 1 aromatic heterocycles. The number of Topliss-reactive ketones (excluding diaryl/α,β-unsaturated/α-hetero) is 1. The molecule has 1 atom stereocenters. The number of phenols is 1. The summed E-state index contributed by atoms with van der Waals surface area (Å²) in [7, 11) is 0.